The van der Waals surface area contributed by atoms with Crippen LogP contribution in [-0.2, 0) is 35.0 Å². The average molecular weight is 713 g/mol. The van der Waals surface area contributed by atoms with Crippen LogP contribution >= 0.6 is 0 Å². The molecule has 1 aliphatic rings. The lowest BCUT2D eigenvalue weighted by molar-refractivity contribution is -0.117. The number of carbonyl (C=O) groups is 1. The summed E-state index contributed by atoms with van der Waals surface area (Å²) >= 11 is 0. The molecule has 0 aromatic heterocycles. The van der Waals surface area contributed by atoms with Gasteiger partial charge in [0.1, 0.15) is 5.75 Å². The highest BCUT2D eigenvalue weighted by atomic mass is 32.2. The summed E-state index contributed by atoms with van der Waals surface area (Å²) < 4.78 is 94.9. The van der Waals surface area contributed by atoms with E-state index in [-0.39, 0.29) is 44.0 Å². The number of aryl methyl sites for hydroxylation is 1. The van der Waals surface area contributed by atoms with Crippen molar-refractivity contribution in [3.8, 4) is 5.75 Å². The molecule has 1 amide bonds. The summed E-state index contributed by atoms with van der Waals surface area (Å²) in [6.45, 7) is 3.09. The number of azo groups is 1. The van der Waals surface area contributed by atoms with Crippen molar-refractivity contribution in [2.45, 2.75) is 34.6 Å². The summed E-state index contributed by atoms with van der Waals surface area (Å²) in [5, 5.41) is 13.6. The van der Waals surface area contributed by atoms with Crippen molar-refractivity contribution in [2.24, 2.45) is 15.3 Å². The Morgan fingerprint density at radius 1 is 0.812 bits per heavy atom. The van der Waals surface area contributed by atoms with Gasteiger partial charge in [0.25, 0.3) is 36.1 Å². The third-order valence-corrected chi connectivity index (χ3v) is 10.7. The third-order valence-electron chi connectivity index (χ3n) is 6.96. The van der Waals surface area contributed by atoms with Crippen molar-refractivity contribution >= 4 is 64.5 Å². The summed E-state index contributed by atoms with van der Waals surface area (Å²) in [6.07, 6.45) is 0. The average Bonchev–Trinajstić information content (AvgIpc) is 3.32. The first-order valence-corrected chi connectivity index (χ1v) is 18.3. The molecule has 4 aromatic carbocycles. The van der Waals surface area contributed by atoms with Crippen LogP contribution in [0.1, 0.15) is 12.5 Å². The van der Waals surface area contributed by atoms with Crippen molar-refractivity contribution in [1.82, 2.24) is 0 Å². The number of rotatable bonds is 11. The Balaban J connectivity index is 1.36. The summed E-state index contributed by atoms with van der Waals surface area (Å²) in [4.78, 5) is 12.6. The molecule has 0 saturated heterocycles. The molecule has 1 aliphatic heterocycles. The van der Waals surface area contributed by atoms with Crippen LogP contribution in [0.3, 0.4) is 0 Å². The van der Waals surface area contributed by atoms with Crippen molar-refractivity contribution in [3.05, 3.63) is 96.6 Å². The minimum atomic E-state index is -4.64. The fourth-order valence-electron chi connectivity index (χ4n) is 4.58. The summed E-state index contributed by atoms with van der Waals surface area (Å²) in [5.74, 6) is -0.579. The SMILES string of the molecule is COc1ccc(S(=O)(=O)O)cc1NS(=O)(=O)c1cc(N=NC2C(=O)N(c3cccc(NS(=O)(=O)c4ccccc4)c3)N=C2C)ccc1C. The van der Waals surface area contributed by atoms with Crippen LogP contribution in [-0.4, -0.2) is 54.6 Å². The molecule has 0 spiro atoms. The zero-order valence-electron chi connectivity index (χ0n) is 25.5. The maximum absolute atomic E-state index is 13.4. The zero-order chi connectivity index (χ0) is 34.9. The maximum atomic E-state index is 13.4. The molecule has 0 radical (unpaired) electrons. The van der Waals surface area contributed by atoms with E-state index in [9.17, 15) is 34.6 Å². The highest BCUT2D eigenvalue weighted by Crippen LogP contribution is 2.32. The van der Waals surface area contributed by atoms with E-state index >= 15 is 0 Å². The molecule has 15 nitrogen and oxygen atoms in total. The first-order chi connectivity index (χ1) is 22.6. The first kappa shape index (κ1) is 34.2. The molecule has 250 valence electrons. The van der Waals surface area contributed by atoms with E-state index in [2.05, 4.69) is 24.8 Å². The van der Waals surface area contributed by atoms with Gasteiger partial charge in [0.15, 0.2) is 6.04 Å². The smallest absolute Gasteiger partial charge is 0.294 e. The second-order valence-electron chi connectivity index (χ2n) is 10.4. The fraction of sp³-hybridized carbons (Fsp3) is 0.133. The Morgan fingerprint density at radius 3 is 2.23 bits per heavy atom. The topological polar surface area (TPSA) is 213 Å². The van der Waals surface area contributed by atoms with Crippen LogP contribution in [0.25, 0.3) is 0 Å². The number of anilines is 3. The molecule has 18 heteroatoms. The van der Waals surface area contributed by atoms with Gasteiger partial charge in [-0.25, -0.2) is 16.8 Å². The zero-order valence-corrected chi connectivity index (χ0v) is 27.9. The van der Waals surface area contributed by atoms with Crippen LogP contribution < -0.4 is 19.2 Å². The van der Waals surface area contributed by atoms with Crippen molar-refractivity contribution in [2.75, 3.05) is 21.6 Å². The van der Waals surface area contributed by atoms with Crippen LogP contribution in [0, 0.1) is 6.92 Å². The van der Waals surface area contributed by atoms with Crippen LogP contribution in [0.2, 0.25) is 0 Å². The molecular formula is C30H28N6O9S3. The van der Waals surface area contributed by atoms with Gasteiger partial charge >= 0.3 is 0 Å². The Hall–Kier alpha value is -5.17. The van der Waals surface area contributed by atoms with Gasteiger partial charge in [-0.05, 0) is 80.1 Å². The normalized spacial score (nSPS) is 15.4. The first-order valence-electron chi connectivity index (χ1n) is 13.9. The van der Waals surface area contributed by atoms with Crippen molar-refractivity contribution < 1.29 is 39.3 Å². The molecule has 0 aliphatic carbocycles. The van der Waals surface area contributed by atoms with Gasteiger partial charge in [-0.1, -0.05) is 30.3 Å². The number of amides is 1. The summed E-state index contributed by atoms with van der Waals surface area (Å²) in [6, 6.07) is 20.1. The van der Waals surface area contributed by atoms with Gasteiger partial charge in [-0.2, -0.15) is 28.8 Å². The van der Waals surface area contributed by atoms with Gasteiger partial charge in [0.2, 0.25) is 0 Å². The second-order valence-corrected chi connectivity index (χ2v) is 15.1. The highest BCUT2D eigenvalue weighted by Gasteiger charge is 2.35. The fourth-order valence-corrected chi connectivity index (χ4v) is 7.49. The highest BCUT2D eigenvalue weighted by molar-refractivity contribution is 7.93. The number of hydrazone groups is 1. The molecule has 0 bridgehead atoms. The molecular weight excluding hydrogens is 685 g/mol. The molecule has 0 fully saturated rings. The second kappa shape index (κ2) is 13.1. The van der Waals surface area contributed by atoms with Gasteiger partial charge in [0.05, 0.1) is 50.3 Å². The number of hydrogen-bond acceptors (Lipinski definition) is 11. The Kier molecular flexibility index (Phi) is 9.36. The van der Waals surface area contributed by atoms with E-state index in [4.69, 9.17) is 4.74 Å². The van der Waals surface area contributed by atoms with E-state index in [0.29, 0.717) is 5.56 Å². The predicted molar refractivity (Wildman–Crippen MR) is 177 cm³/mol. The number of ether oxygens (including phenoxy) is 1. The number of nitrogens with one attached hydrogen (secondary N) is 2. The molecule has 4 aromatic rings. The quantitative estimate of drug-likeness (QED) is 0.145. The van der Waals surface area contributed by atoms with E-state index in [1.807, 2.05) is 0 Å². The van der Waals surface area contributed by atoms with E-state index in [1.165, 1.54) is 62.6 Å². The standard InChI is InChI=1S/C30H28N6O9S3/c1-19-12-13-21(17-28(19)47(40,41)35-26-18-25(48(42,43)44)14-15-27(26)45-3)31-32-29-20(2)33-36(30(29)37)23-9-7-8-22(16-23)34-46(38,39)24-10-5-4-6-11-24/h4-18,29,34-35H,1-3H3,(H,42,43,44). The largest absolute Gasteiger partial charge is 0.495 e. The molecule has 0 saturated carbocycles. The number of nitrogens with zero attached hydrogens (tertiary/aromatic N) is 4. The van der Waals surface area contributed by atoms with Crippen molar-refractivity contribution in [3.63, 3.8) is 0 Å². The van der Waals surface area contributed by atoms with Gasteiger partial charge in [-0.3, -0.25) is 18.8 Å². The molecule has 1 atom stereocenters. The Bertz CT molecular complexity index is 2300. The van der Waals surface area contributed by atoms with Crippen LogP contribution in [0.15, 0.2) is 121 Å². The van der Waals surface area contributed by atoms with E-state index in [0.717, 1.165) is 17.1 Å². The lowest BCUT2D eigenvalue weighted by atomic mass is 10.2. The van der Waals surface area contributed by atoms with E-state index < -0.39 is 47.0 Å². The molecule has 3 N–H and O–H groups in total. The summed E-state index contributed by atoms with van der Waals surface area (Å²) in [7, 11) is -11.6. The molecule has 1 unspecified atom stereocenters. The molecule has 48 heavy (non-hydrogen) atoms. The molecule has 1 heterocycles. The number of sulfonamides is 2. The minimum absolute atomic E-state index is 0.00216. The molecule has 5 rings (SSSR count). The maximum Gasteiger partial charge on any atom is 0.294 e. The number of benzene rings is 4. The van der Waals surface area contributed by atoms with Crippen LogP contribution in [0.5, 0.6) is 5.75 Å². The van der Waals surface area contributed by atoms with Gasteiger partial charge in [0, 0.05) is 0 Å². The number of carbonyl (C=O) groups excluding carboxylic acids is 1. The van der Waals surface area contributed by atoms with Gasteiger partial charge < -0.3 is 4.74 Å². The monoisotopic (exact) mass is 712 g/mol. The minimum Gasteiger partial charge on any atom is -0.495 e. The Morgan fingerprint density at radius 2 is 1.54 bits per heavy atom. The predicted octanol–water partition coefficient (Wildman–Crippen LogP) is 4.73. The van der Waals surface area contributed by atoms with Gasteiger partial charge in [-0.15, -0.1) is 0 Å². The lowest BCUT2D eigenvalue weighted by Crippen LogP contribution is -2.29. The number of methoxy groups -OCH3 is 1. The van der Waals surface area contributed by atoms with E-state index in [1.54, 1.807) is 37.3 Å². The van der Waals surface area contributed by atoms with Crippen LogP contribution in [0.4, 0.5) is 22.7 Å². The third kappa shape index (κ3) is 7.36. The Labute approximate surface area is 276 Å². The lowest BCUT2D eigenvalue weighted by Gasteiger charge is -2.15. The summed E-state index contributed by atoms with van der Waals surface area (Å²) in [5.41, 5.74) is 0.914. The van der Waals surface area contributed by atoms with Crippen molar-refractivity contribution in [1.29, 1.82) is 0 Å². The number of hydrogen-bond donors (Lipinski definition) is 3.